The second-order valence-corrected chi connectivity index (χ2v) is 7.98. The van der Waals surface area contributed by atoms with E-state index in [1.165, 1.54) is 0 Å². The van der Waals surface area contributed by atoms with Crippen LogP contribution in [0.1, 0.15) is 17.2 Å². The zero-order valence-electron chi connectivity index (χ0n) is 19.6. The number of nitrogens with one attached hydrogen (secondary N) is 1. The van der Waals surface area contributed by atoms with Gasteiger partial charge in [-0.05, 0) is 26.8 Å². The number of piperazine rings is 1. The van der Waals surface area contributed by atoms with Crippen LogP contribution in [0.4, 0.5) is 16.3 Å². The molecule has 1 fully saturated rings. The number of urea groups is 1. The summed E-state index contributed by atoms with van der Waals surface area (Å²) in [5, 5.41) is 7.47. The van der Waals surface area contributed by atoms with Gasteiger partial charge in [0, 0.05) is 61.8 Å². The molecule has 0 bridgehead atoms. The van der Waals surface area contributed by atoms with Gasteiger partial charge in [0.25, 0.3) is 0 Å². The van der Waals surface area contributed by atoms with Crippen molar-refractivity contribution >= 4 is 17.5 Å². The Morgan fingerprint density at radius 1 is 0.879 bits per heavy atom. The SMILES string of the molecule is COc1cc(NC(=O)N2CCN(c3cc(-n4nc(C)cc4C)nc(C)n3)CC2)cc(OC)c1. The molecule has 10 heteroatoms. The predicted octanol–water partition coefficient (Wildman–Crippen LogP) is 2.96. The lowest BCUT2D eigenvalue weighted by molar-refractivity contribution is 0.208. The number of nitrogens with zero attached hydrogens (tertiary/aromatic N) is 6. The highest BCUT2D eigenvalue weighted by molar-refractivity contribution is 5.90. The quantitative estimate of drug-likeness (QED) is 0.637. The molecule has 33 heavy (non-hydrogen) atoms. The van der Waals surface area contributed by atoms with Crippen molar-refractivity contribution in [2.24, 2.45) is 0 Å². The van der Waals surface area contributed by atoms with Crippen LogP contribution >= 0.6 is 0 Å². The maximum absolute atomic E-state index is 12.8. The van der Waals surface area contributed by atoms with Crippen LogP contribution in [-0.2, 0) is 0 Å². The monoisotopic (exact) mass is 451 g/mol. The zero-order valence-corrected chi connectivity index (χ0v) is 19.6. The van der Waals surface area contributed by atoms with Gasteiger partial charge < -0.3 is 24.6 Å². The smallest absolute Gasteiger partial charge is 0.321 e. The Hall–Kier alpha value is -3.82. The van der Waals surface area contributed by atoms with Gasteiger partial charge in [-0.25, -0.2) is 19.4 Å². The summed E-state index contributed by atoms with van der Waals surface area (Å²) in [5.74, 6) is 3.50. The Morgan fingerprint density at radius 3 is 2.09 bits per heavy atom. The first-order chi connectivity index (χ1) is 15.9. The van der Waals surface area contributed by atoms with E-state index < -0.39 is 0 Å². The summed E-state index contributed by atoms with van der Waals surface area (Å²) in [5.41, 5.74) is 2.59. The third-order valence-corrected chi connectivity index (χ3v) is 5.53. The molecule has 0 atom stereocenters. The molecule has 10 nitrogen and oxygen atoms in total. The Bertz CT molecular complexity index is 1130. The first kappa shape index (κ1) is 22.4. The summed E-state index contributed by atoms with van der Waals surface area (Å²) in [4.78, 5) is 26.0. The molecule has 0 aliphatic carbocycles. The number of benzene rings is 1. The lowest BCUT2D eigenvalue weighted by Crippen LogP contribution is -2.50. The van der Waals surface area contributed by atoms with Gasteiger partial charge >= 0.3 is 6.03 Å². The Balaban J connectivity index is 1.43. The number of hydrogen-bond acceptors (Lipinski definition) is 7. The molecule has 1 N–H and O–H groups in total. The zero-order chi connectivity index (χ0) is 23.5. The number of carbonyl (C=O) groups is 1. The molecule has 1 aliphatic heterocycles. The summed E-state index contributed by atoms with van der Waals surface area (Å²) >= 11 is 0. The number of ether oxygens (including phenoxy) is 2. The van der Waals surface area contributed by atoms with Crippen molar-refractivity contribution in [2.75, 3.05) is 50.6 Å². The largest absolute Gasteiger partial charge is 0.497 e. The summed E-state index contributed by atoms with van der Waals surface area (Å²) in [7, 11) is 3.16. The van der Waals surface area contributed by atoms with E-state index in [-0.39, 0.29) is 6.03 Å². The molecule has 174 valence electrons. The molecule has 0 saturated carbocycles. The average molecular weight is 452 g/mol. The van der Waals surface area contributed by atoms with E-state index in [9.17, 15) is 4.79 Å². The fraction of sp³-hybridized carbons (Fsp3) is 0.391. The van der Waals surface area contributed by atoms with Crippen molar-refractivity contribution in [3.63, 3.8) is 0 Å². The van der Waals surface area contributed by atoms with Gasteiger partial charge in [0.2, 0.25) is 0 Å². The first-order valence-electron chi connectivity index (χ1n) is 10.8. The normalized spacial score (nSPS) is 13.7. The van der Waals surface area contributed by atoms with Crippen molar-refractivity contribution < 1.29 is 14.3 Å². The standard InChI is InChI=1S/C23H29N7O3/c1-15-10-16(2)30(27-15)22-14-21(24-17(3)25-22)28-6-8-29(9-7-28)23(31)26-18-11-19(32-4)13-20(12-18)33-5/h10-14H,6-9H2,1-5H3,(H,26,31). The van der Waals surface area contributed by atoms with Crippen molar-refractivity contribution in [3.05, 3.63) is 47.5 Å². The van der Waals surface area contributed by atoms with Crippen LogP contribution in [0.2, 0.25) is 0 Å². The van der Waals surface area contributed by atoms with Gasteiger partial charge in [0.15, 0.2) is 5.82 Å². The number of methoxy groups -OCH3 is 2. The number of rotatable bonds is 5. The fourth-order valence-electron chi connectivity index (χ4n) is 3.89. The second kappa shape index (κ2) is 9.35. The van der Waals surface area contributed by atoms with Gasteiger partial charge in [0.05, 0.1) is 19.9 Å². The maximum atomic E-state index is 12.8. The number of carbonyl (C=O) groups excluding carboxylic acids is 1. The molecule has 4 rings (SSSR count). The lowest BCUT2D eigenvalue weighted by atomic mass is 10.2. The first-order valence-corrected chi connectivity index (χ1v) is 10.8. The van der Waals surface area contributed by atoms with Crippen molar-refractivity contribution in [1.29, 1.82) is 0 Å². The number of hydrogen-bond donors (Lipinski definition) is 1. The topological polar surface area (TPSA) is 97.6 Å². The number of aryl methyl sites for hydroxylation is 3. The Labute approximate surface area is 193 Å². The van der Waals surface area contributed by atoms with E-state index in [1.54, 1.807) is 37.3 Å². The maximum Gasteiger partial charge on any atom is 0.321 e. The molecular formula is C23H29N7O3. The van der Waals surface area contributed by atoms with Gasteiger partial charge in [-0.15, -0.1) is 0 Å². The van der Waals surface area contributed by atoms with E-state index in [0.29, 0.717) is 49.2 Å². The molecule has 0 unspecified atom stereocenters. The molecule has 3 aromatic rings. The van der Waals surface area contributed by atoms with Crippen LogP contribution in [0.3, 0.4) is 0 Å². The minimum absolute atomic E-state index is 0.160. The van der Waals surface area contributed by atoms with Gasteiger partial charge in [-0.3, -0.25) is 0 Å². The van der Waals surface area contributed by atoms with Crippen LogP contribution in [0.25, 0.3) is 5.82 Å². The van der Waals surface area contributed by atoms with Crippen molar-refractivity contribution in [2.45, 2.75) is 20.8 Å². The third kappa shape index (κ3) is 5.00. The van der Waals surface area contributed by atoms with Gasteiger partial charge in [-0.1, -0.05) is 0 Å². The second-order valence-electron chi connectivity index (χ2n) is 7.98. The minimum Gasteiger partial charge on any atom is -0.497 e. The van der Waals surface area contributed by atoms with Crippen LogP contribution in [0, 0.1) is 20.8 Å². The van der Waals surface area contributed by atoms with Crippen molar-refractivity contribution in [3.8, 4) is 17.3 Å². The molecule has 2 aromatic heterocycles. The third-order valence-electron chi connectivity index (χ3n) is 5.53. The van der Waals surface area contributed by atoms with E-state index in [0.717, 1.165) is 23.0 Å². The van der Waals surface area contributed by atoms with Crippen molar-refractivity contribution in [1.82, 2.24) is 24.6 Å². The molecule has 1 aliphatic rings. The van der Waals surface area contributed by atoms with E-state index in [1.807, 2.05) is 37.6 Å². The Kier molecular flexibility index (Phi) is 6.34. The highest BCUT2D eigenvalue weighted by Gasteiger charge is 2.23. The summed E-state index contributed by atoms with van der Waals surface area (Å²) in [6.45, 7) is 8.34. The van der Waals surface area contributed by atoms with Crippen LogP contribution < -0.4 is 19.7 Å². The molecular weight excluding hydrogens is 422 g/mol. The van der Waals surface area contributed by atoms with Gasteiger partial charge in [-0.2, -0.15) is 5.10 Å². The fourth-order valence-corrected chi connectivity index (χ4v) is 3.89. The van der Waals surface area contributed by atoms with Crippen LogP contribution in [0.5, 0.6) is 11.5 Å². The molecule has 0 radical (unpaired) electrons. The van der Waals surface area contributed by atoms with Crippen LogP contribution in [0.15, 0.2) is 30.3 Å². The van der Waals surface area contributed by atoms with E-state index in [2.05, 4.69) is 25.3 Å². The number of aromatic nitrogens is 4. The van der Waals surface area contributed by atoms with Crippen LogP contribution in [-0.4, -0.2) is 71.1 Å². The lowest BCUT2D eigenvalue weighted by Gasteiger charge is -2.35. The summed E-state index contributed by atoms with van der Waals surface area (Å²) in [6, 6.07) is 9.10. The summed E-state index contributed by atoms with van der Waals surface area (Å²) < 4.78 is 12.4. The molecule has 3 heterocycles. The minimum atomic E-state index is -0.160. The molecule has 1 saturated heterocycles. The van der Waals surface area contributed by atoms with E-state index >= 15 is 0 Å². The average Bonchev–Trinajstić information content (AvgIpc) is 3.16. The number of amides is 2. The molecule has 1 aromatic carbocycles. The van der Waals surface area contributed by atoms with Gasteiger partial charge in [0.1, 0.15) is 23.1 Å². The summed E-state index contributed by atoms with van der Waals surface area (Å²) in [6.07, 6.45) is 0. The van der Waals surface area contributed by atoms with E-state index in [4.69, 9.17) is 9.47 Å². The Morgan fingerprint density at radius 2 is 1.52 bits per heavy atom. The molecule has 2 amide bonds. The highest BCUT2D eigenvalue weighted by atomic mass is 16.5. The molecule has 0 spiro atoms. The predicted molar refractivity (Wildman–Crippen MR) is 126 cm³/mol. The number of anilines is 2. The highest BCUT2D eigenvalue weighted by Crippen LogP contribution is 2.26.